The van der Waals surface area contributed by atoms with Crippen LogP contribution in [0.1, 0.15) is 47.3 Å². The second-order valence-corrected chi connectivity index (χ2v) is 9.41. The number of aromatic nitrogens is 2. The van der Waals surface area contributed by atoms with Crippen LogP contribution in [0.25, 0.3) is 10.2 Å². The van der Waals surface area contributed by atoms with Crippen molar-refractivity contribution in [2.75, 3.05) is 12.4 Å². The minimum Gasteiger partial charge on any atom is -0.495 e. The minimum absolute atomic E-state index is 0.0762. The molecule has 1 saturated carbocycles. The number of nitrogens with one attached hydrogen (secondary N) is 1. The number of rotatable bonds is 6. The summed E-state index contributed by atoms with van der Waals surface area (Å²) in [5, 5.41) is 3.47. The number of anilines is 1. The molecule has 2 heterocycles. The van der Waals surface area contributed by atoms with Crippen LogP contribution in [0, 0.1) is 6.92 Å². The summed E-state index contributed by atoms with van der Waals surface area (Å²) in [6.07, 6.45) is 6.24. The van der Waals surface area contributed by atoms with Crippen LogP contribution in [0.5, 0.6) is 5.75 Å². The molecule has 0 saturated heterocycles. The van der Waals surface area contributed by atoms with Crippen molar-refractivity contribution in [2.24, 2.45) is 0 Å². The Hall–Kier alpha value is -2.91. The lowest BCUT2D eigenvalue weighted by atomic mass is 9.98. The molecule has 3 aromatic rings. The Balaban J connectivity index is 1.55. The van der Waals surface area contributed by atoms with E-state index < -0.39 is 17.4 Å². The fourth-order valence-electron chi connectivity index (χ4n) is 3.98. The average Bonchev–Trinajstić information content (AvgIpc) is 3.14. The van der Waals surface area contributed by atoms with Crippen molar-refractivity contribution >= 4 is 50.7 Å². The third kappa shape index (κ3) is 5.04. The molecule has 0 atom stereocenters. The number of fused-ring (bicyclic) bond motifs is 1. The van der Waals surface area contributed by atoms with Crippen molar-refractivity contribution in [1.82, 2.24) is 9.55 Å². The van der Waals surface area contributed by atoms with Gasteiger partial charge in [-0.25, -0.2) is 9.78 Å². The van der Waals surface area contributed by atoms with E-state index in [2.05, 4.69) is 10.3 Å². The van der Waals surface area contributed by atoms with Gasteiger partial charge in [-0.3, -0.25) is 14.2 Å². The Bertz CT molecular complexity index is 1260. The summed E-state index contributed by atoms with van der Waals surface area (Å²) >= 11 is 7.15. The van der Waals surface area contributed by atoms with E-state index in [1.165, 1.54) is 18.0 Å². The highest BCUT2D eigenvalue weighted by atomic mass is 35.5. The van der Waals surface area contributed by atoms with Gasteiger partial charge in [-0.1, -0.05) is 18.0 Å². The van der Waals surface area contributed by atoms with Crippen LogP contribution in [-0.2, 0) is 16.1 Å². The Morgan fingerprint density at radius 3 is 2.76 bits per heavy atom. The quantitative estimate of drug-likeness (QED) is 0.510. The molecule has 1 aromatic carbocycles. The first-order valence-corrected chi connectivity index (χ1v) is 11.9. The van der Waals surface area contributed by atoms with E-state index in [0.29, 0.717) is 37.1 Å². The largest absolute Gasteiger partial charge is 0.495 e. The maximum Gasteiger partial charge on any atom is 0.348 e. The monoisotopic (exact) mass is 489 g/mol. The number of halogens is 1. The molecule has 10 heteroatoms. The number of aryl methyl sites for hydroxylation is 1. The van der Waals surface area contributed by atoms with Crippen LogP contribution >= 0.6 is 22.9 Å². The van der Waals surface area contributed by atoms with Crippen LogP contribution in [0.2, 0.25) is 5.02 Å². The number of carbonyl (C=O) groups is 2. The highest BCUT2D eigenvalue weighted by Gasteiger charge is 2.24. The van der Waals surface area contributed by atoms with Gasteiger partial charge in [0.25, 0.3) is 5.56 Å². The smallest absolute Gasteiger partial charge is 0.348 e. The van der Waals surface area contributed by atoms with E-state index >= 15 is 0 Å². The van der Waals surface area contributed by atoms with Crippen molar-refractivity contribution in [1.29, 1.82) is 0 Å². The van der Waals surface area contributed by atoms with Gasteiger partial charge in [0.2, 0.25) is 5.91 Å². The van der Waals surface area contributed by atoms with Crippen molar-refractivity contribution in [3.8, 4) is 5.75 Å². The van der Waals surface area contributed by atoms with Gasteiger partial charge in [-0.05, 0) is 56.4 Å². The number of hydrogen-bond acceptors (Lipinski definition) is 7. The van der Waals surface area contributed by atoms with E-state index in [0.717, 1.165) is 43.4 Å². The van der Waals surface area contributed by atoms with Crippen molar-refractivity contribution in [3.63, 3.8) is 0 Å². The molecule has 1 amide bonds. The van der Waals surface area contributed by atoms with Gasteiger partial charge in [0.15, 0.2) is 0 Å². The number of amides is 1. The SMILES string of the molecule is COc1ccc(Cl)cc1NC(=O)Cn1cnc2sc(C(=O)OC3CCCCC3)c(C)c2c1=O. The number of carbonyl (C=O) groups excluding carboxylic acids is 2. The molecular weight excluding hydrogens is 466 g/mol. The number of benzene rings is 1. The third-order valence-corrected chi connectivity index (χ3v) is 7.09. The topological polar surface area (TPSA) is 99.5 Å². The van der Waals surface area contributed by atoms with E-state index in [4.69, 9.17) is 21.1 Å². The first-order valence-electron chi connectivity index (χ1n) is 10.7. The zero-order valence-corrected chi connectivity index (χ0v) is 19.9. The molecule has 1 aliphatic rings. The van der Waals surface area contributed by atoms with Gasteiger partial charge >= 0.3 is 5.97 Å². The molecule has 2 aromatic heterocycles. The molecule has 0 spiro atoms. The van der Waals surface area contributed by atoms with Crippen LogP contribution in [0.4, 0.5) is 5.69 Å². The molecule has 0 radical (unpaired) electrons. The Morgan fingerprint density at radius 2 is 2.03 bits per heavy atom. The lowest BCUT2D eigenvalue weighted by Gasteiger charge is -2.21. The standard InChI is InChI=1S/C23H24ClN3O5S/c1-13-19-21(33-20(13)23(30)32-15-6-4-3-5-7-15)25-12-27(22(19)29)11-18(28)26-16-10-14(24)8-9-17(16)31-2/h8-10,12,15H,3-7,11H2,1-2H3,(H,26,28). The summed E-state index contributed by atoms with van der Waals surface area (Å²) in [5.41, 5.74) is 0.537. The van der Waals surface area contributed by atoms with Crippen LogP contribution in [-0.4, -0.2) is 34.6 Å². The van der Waals surface area contributed by atoms with Crippen LogP contribution in [0.3, 0.4) is 0 Å². The van der Waals surface area contributed by atoms with Crippen LogP contribution in [0.15, 0.2) is 29.3 Å². The highest BCUT2D eigenvalue weighted by molar-refractivity contribution is 7.20. The van der Waals surface area contributed by atoms with Crippen molar-refractivity contribution < 1.29 is 19.1 Å². The summed E-state index contributed by atoms with van der Waals surface area (Å²) in [7, 11) is 1.48. The van der Waals surface area contributed by atoms with Crippen molar-refractivity contribution in [2.45, 2.75) is 51.7 Å². The number of methoxy groups -OCH3 is 1. The fraction of sp³-hybridized carbons (Fsp3) is 0.391. The first-order chi connectivity index (χ1) is 15.9. The molecule has 1 N–H and O–H groups in total. The van der Waals surface area contributed by atoms with Crippen molar-refractivity contribution in [3.05, 3.63) is 50.3 Å². The number of ether oxygens (including phenoxy) is 2. The molecule has 0 aliphatic heterocycles. The number of hydrogen-bond donors (Lipinski definition) is 1. The maximum atomic E-state index is 13.1. The second-order valence-electron chi connectivity index (χ2n) is 7.97. The zero-order valence-electron chi connectivity index (χ0n) is 18.4. The Morgan fingerprint density at radius 1 is 1.27 bits per heavy atom. The summed E-state index contributed by atoms with van der Waals surface area (Å²) in [6.45, 7) is 1.45. The summed E-state index contributed by atoms with van der Waals surface area (Å²) < 4.78 is 12.1. The molecule has 0 unspecified atom stereocenters. The second kappa shape index (κ2) is 9.93. The van der Waals surface area contributed by atoms with E-state index in [1.807, 2.05) is 0 Å². The molecule has 33 heavy (non-hydrogen) atoms. The van der Waals surface area contributed by atoms with E-state index in [1.54, 1.807) is 25.1 Å². The van der Waals surface area contributed by atoms with E-state index in [-0.39, 0.29) is 12.6 Å². The summed E-state index contributed by atoms with van der Waals surface area (Å²) in [4.78, 5) is 43.6. The summed E-state index contributed by atoms with van der Waals surface area (Å²) in [6, 6.07) is 4.85. The predicted molar refractivity (Wildman–Crippen MR) is 128 cm³/mol. The number of esters is 1. The van der Waals surface area contributed by atoms with Gasteiger partial charge in [0, 0.05) is 5.02 Å². The van der Waals surface area contributed by atoms with Crippen LogP contribution < -0.4 is 15.6 Å². The average molecular weight is 490 g/mol. The van der Waals surface area contributed by atoms with Gasteiger partial charge < -0.3 is 14.8 Å². The fourth-order valence-corrected chi connectivity index (χ4v) is 5.17. The third-order valence-electron chi connectivity index (χ3n) is 5.68. The zero-order chi connectivity index (χ0) is 23.5. The minimum atomic E-state index is -0.441. The maximum absolute atomic E-state index is 13.1. The van der Waals surface area contributed by atoms with Gasteiger partial charge in [-0.15, -0.1) is 11.3 Å². The van der Waals surface area contributed by atoms with Gasteiger partial charge in [0.05, 0.1) is 24.5 Å². The highest BCUT2D eigenvalue weighted by Crippen LogP contribution is 2.30. The molecule has 1 aliphatic carbocycles. The molecular formula is C23H24ClN3O5S. The number of thiophene rings is 1. The molecule has 0 bridgehead atoms. The molecule has 1 fully saturated rings. The lowest BCUT2D eigenvalue weighted by Crippen LogP contribution is -2.28. The van der Waals surface area contributed by atoms with Gasteiger partial charge in [-0.2, -0.15) is 0 Å². The molecule has 8 nitrogen and oxygen atoms in total. The summed E-state index contributed by atoms with van der Waals surface area (Å²) in [5.74, 6) is -0.411. The first kappa shape index (κ1) is 23.3. The molecule has 4 rings (SSSR count). The lowest BCUT2D eigenvalue weighted by molar-refractivity contribution is -0.116. The van der Waals surface area contributed by atoms with E-state index in [9.17, 15) is 14.4 Å². The number of nitrogens with zero attached hydrogens (tertiary/aromatic N) is 2. The molecule has 174 valence electrons. The normalized spacial score (nSPS) is 14.3. The Kier molecular flexibility index (Phi) is 6.99. The Labute approximate surface area is 199 Å². The van der Waals surface area contributed by atoms with Gasteiger partial charge in [0.1, 0.15) is 28.1 Å². The predicted octanol–water partition coefficient (Wildman–Crippen LogP) is 4.56.